The zero-order chi connectivity index (χ0) is 18.3. The highest BCUT2D eigenvalue weighted by atomic mass is 32.1. The number of aryl methyl sites for hydroxylation is 1. The summed E-state index contributed by atoms with van der Waals surface area (Å²) in [6.07, 6.45) is 1.76. The lowest BCUT2D eigenvalue weighted by Gasteiger charge is -2.33. The van der Waals surface area contributed by atoms with Gasteiger partial charge in [0.2, 0.25) is 5.91 Å². The standard InChI is InChI=1S/C20H21N3O2S/c1-13-14-10-12-26-17(14)9-11-23(13)19(24)8-7-18-21-16-6-4-3-5-15(16)20(25)22(18)2/h3-6,10,12-13H,7-9,11H2,1-2H3/t13-/m0/s1. The summed E-state index contributed by atoms with van der Waals surface area (Å²) in [4.78, 5) is 33.2. The molecule has 6 heteroatoms. The molecule has 26 heavy (non-hydrogen) atoms. The zero-order valence-corrected chi connectivity index (χ0v) is 15.8. The van der Waals surface area contributed by atoms with Gasteiger partial charge in [0.1, 0.15) is 5.82 Å². The molecule has 134 valence electrons. The monoisotopic (exact) mass is 367 g/mol. The van der Waals surface area contributed by atoms with Gasteiger partial charge in [0.25, 0.3) is 5.56 Å². The quantitative estimate of drug-likeness (QED) is 0.715. The van der Waals surface area contributed by atoms with Crippen LogP contribution in [-0.4, -0.2) is 26.9 Å². The third-order valence-corrected chi connectivity index (χ3v) is 6.23. The summed E-state index contributed by atoms with van der Waals surface area (Å²) >= 11 is 1.77. The van der Waals surface area contributed by atoms with Crippen LogP contribution in [0.3, 0.4) is 0 Å². The second-order valence-electron chi connectivity index (χ2n) is 6.72. The highest BCUT2D eigenvalue weighted by molar-refractivity contribution is 7.10. The number of aromatic nitrogens is 2. The van der Waals surface area contributed by atoms with Crippen LogP contribution in [0.5, 0.6) is 0 Å². The molecule has 1 atom stereocenters. The van der Waals surface area contributed by atoms with E-state index in [4.69, 9.17) is 0 Å². The first-order valence-electron chi connectivity index (χ1n) is 8.86. The van der Waals surface area contributed by atoms with Crippen LogP contribution in [0.1, 0.15) is 35.7 Å². The molecule has 1 aliphatic heterocycles. The van der Waals surface area contributed by atoms with Gasteiger partial charge in [-0.2, -0.15) is 0 Å². The molecule has 3 heterocycles. The summed E-state index contributed by atoms with van der Waals surface area (Å²) in [6, 6.07) is 9.58. The molecule has 0 saturated carbocycles. The maximum Gasteiger partial charge on any atom is 0.261 e. The molecular formula is C20H21N3O2S. The van der Waals surface area contributed by atoms with Crippen LogP contribution in [0, 0.1) is 0 Å². The molecule has 1 amide bonds. The Kier molecular flexibility index (Phi) is 4.36. The lowest BCUT2D eigenvalue weighted by Crippen LogP contribution is -2.38. The summed E-state index contributed by atoms with van der Waals surface area (Å²) in [5.41, 5.74) is 1.89. The van der Waals surface area contributed by atoms with Gasteiger partial charge in [0.15, 0.2) is 0 Å². The van der Waals surface area contributed by atoms with Gasteiger partial charge in [-0.1, -0.05) is 12.1 Å². The highest BCUT2D eigenvalue weighted by Gasteiger charge is 2.28. The number of hydrogen-bond donors (Lipinski definition) is 0. The van der Waals surface area contributed by atoms with E-state index in [0.717, 1.165) is 13.0 Å². The van der Waals surface area contributed by atoms with Gasteiger partial charge in [0.05, 0.1) is 16.9 Å². The minimum Gasteiger partial charge on any atom is -0.336 e. The van der Waals surface area contributed by atoms with Gasteiger partial charge in [-0.3, -0.25) is 14.2 Å². The average molecular weight is 367 g/mol. The predicted molar refractivity (Wildman–Crippen MR) is 103 cm³/mol. The number of fused-ring (bicyclic) bond motifs is 2. The summed E-state index contributed by atoms with van der Waals surface area (Å²) in [7, 11) is 1.72. The Labute approximate surface area is 155 Å². The van der Waals surface area contributed by atoms with Crippen LogP contribution in [0.15, 0.2) is 40.5 Å². The topological polar surface area (TPSA) is 55.2 Å². The summed E-state index contributed by atoms with van der Waals surface area (Å²) in [5, 5.41) is 2.71. The van der Waals surface area contributed by atoms with E-state index in [1.807, 2.05) is 23.1 Å². The number of carbonyl (C=O) groups excluding carboxylic acids is 1. The number of para-hydroxylation sites is 1. The second kappa shape index (κ2) is 6.68. The molecular weight excluding hydrogens is 346 g/mol. The van der Waals surface area contributed by atoms with Crippen LogP contribution < -0.4 is 5.56 Å². The predicted octanol–water partition coefficient (Wildman–Crippen LogP) is 3.07. The van der Waals surface area contributed by atoms with E-state index in [1.165, 1.54) is 10.4 Å². The van der Waals surface area contributed by atoms with Crippen molar-refractivity contribution < 1.29 is 4.79 Å². The Hall–Kier alpha value is -2.47. The third-order valence-electron chi connectivity index (χ3n) is 5.24. The maximum atomic E-state index is 12.8. The summed E-state index contributed by atoms with van der Waals surface area (Å²) in [5.74, 6) is 0.777. The number of rotatable bonds is 3. The van der Waals surface area contributed by atoms with Crippen molar-refractivity contribution in [2.45, 2.75) is 32.2 Å². The Bertz CT molecular complexity index is 1040. The van der Waals surface area contributed by atoms with Crippen molar-refractivity contribution in [2.75, 3.05) is 6.54 Å². The Morgan fingerprint density at radius 2 is 2.12 bits per heavy atom. The van der Waals surface area contributed by atoms with Gasteiger partial charge in [-0.15, -0.1) is 11.3 Å². The molecule has 5 nitrogen and oxygen atoms in total. The van der Waals surface area contributed by atoms with E-state index in [0.29, 0.717) is 29.6 Å². The van der Waals surface area contributed by atoms with Crippen molar-refractivity contribution in [3.8, 4) is 0 Å². The molecule has 0 radical (unpaired) electrons. The average Bonchev–Trinajstić information content (AvgIpc) is 3.13. The van der Waals surface area contributed by atoms with E-state index >= 15 is 0 Å². The fraction of sp³-hybridized carbons (Fsp3) is 0.350. The molecule has 3 aromatic rings. The SMILES string of the molecule is C[C@H]1c2ccsc2CCN1C(=O)CCc1nc2ccccc2c(=O)n1C. The molecule has 1 aromatic carbocycles. The van der Waals surface area contributed by atoms with Gasteiger partial charge >= 0.3 is 0 Å². The van der Waals surface area contributed by atoms with Gasteiger partial charge in [-0.05, 0) is 42.5 Å². The molecule has 0 fully saturated rings. The number of hydrogen-bond acceptors (Lipinski definition) is 4. The van der Waals surface area contributed by atoms with Gasteiger partial charge in [-0.25, -0.2) is 4.98 Å². The highest BCUT2D eigenvalue weighted by Crippen LogP contribution is 2.33. The number of thiophene rings is 1. The Morgan fingerprint density at radius 3 is 2.96 bits per heavy atom. The van der Waals surface area contributed by atoms with Crippen LogP contribution in [0.4, 0.5) is 0 Å². The second-order valence-corrected chi connectivity index (χ2v) is 7.72. The minimum absolute atomic E-state index is 0.0627. The van der Waals surface area contributed by atoms with E-state index < -0.39 is 0 Å². The first-order chi connectivity index (χ1) is 12.6. The fourth-order valence-corrected chi connectivity index (χ4v) is 4.66. The molecule has 0 unspecified atom stereocenters. The Balaban J connectivity index is 1.53. The third kappa shape index (κ3) is 2.84. The van der Waals surface area contributed by atoms with Gasteiger partial charge in [0, 0.05) is 31.3 Å². The Morgan fingerprint density at radius 1 is 1.31 bits per heavy atom. The van der Waals surface area contributed by atoms with Crippen LogP contribution in [-0.2, 0) is 24.7 Å². The zero-order valence-electron chi connectivity index (χ0n) is 14.9. The lowest BCUT2D eigenvalue weighted by atomic mass is 10.0. The maximum absolute atomic E-state index is 12.8. The first-order valence-corrected chi connectivity index (χ1v) is 9.74. The van der Waals surface area contributed by atoms with E-state index in [9.17, 15) is 9.59 Å². The van der Waals surface area contributed by atoms with Crippen LogP contribution in [0.2, 0.25) is 0 Å². The van der Waals surface area contributed by atoms with E-state index in [2.05, 4.69) is 23.4 Å². The largest absolute Gasteiger partial charge is 0.336 e. The van der Waals surface area contributed by atoms with Gasteiger partial charge < -0.3 is 4.90 Å². The van der Waals surface area contributed by atoms with E-state index in [1.54, 1.807) is 29.0 Å². The van der Waals surface area contributed by atoms with E-state index in [-0.39, 0.29) is 17.5 Å². The smallest absolute Gasteiger partial charge is 0.261 e. The normalized spacial score (nSPS) is 16.7. The molecule has 0 spiro atoms. The minimum atomic E-state index is -0.0627. The van der Waals surface area contributed by atoms with Crippen molar-refractivity contribution in [3.63, 3.8) is 0 Å². The molecule has 2 aromatic heterocycles. The van der Waals surface area contributed by atoms with Crippen molar-refractivity contribution in [1.82, 2.24) is 14.5 Å². The molecule has 0 bridgehead atoms. The van der Waals surface area contributed by atoms with Crippen molar-refractivity contribution in [2.24, 2.45) is 7.05 Å². The molecule has 0 aliphatic carbocycles. The molecule has 0 N–H and O–H groups in total. The number of carbonyl (C=O) groups is 1. The van der Waals surface area contributed by atoms with Crippen molar-refractivity contribution in [3.05, 3.63) is 62.3 Å². The van der Waals surface area contributed by atoms with Crippen LogP contribution in [0.25, 0.3) is 10.9 Å². The van der Waals surface area contributed by atoms with Crippen LogP contribution >= 0.6 is 11.3 Å². The summed E-state index contributed by atoms with van der Waals surface area (Å²) in [6.45, 7) is 2.85. The first kappa shape index (κ1) is 17.0. The molecule has 1 aliphatic rings. The number of benzene rings is 1. The lowest BCUT2D eigenvalue weighted by molar-refractivity contribution is -0.133. The molecule has 0 saturated heterocycles. The fourth-order valence-electron chi connectivity index (χ4n) is 3.70. The molecule has 4 rings (SSSR count). The van der Waals surface area contributed by atoms with Crippen molar-refractivity contribution in [1.29, 1.82) is 0 Å². The number of nitrogens with zero attached hydrogens (tertiary/aromatic N) is 3. The van der Waals surface area contributed by atoms with Crippen molar-refractivity contribution >= 4 is 28.1 Å². The summed E-state index contributed by atoms with van der Waals surface area (Å²) < 4.78 is 1.56. The number of amides is 1.